The topological polar surface area (TPSA) is 71.1 Å². The minimum absolute atomic E-state index is 0.340. The highest BCUT2D eigenvalue weighted by Gasteiger charge is 2.10. The van der Waals surface area contributed by atoms with Crippen molar-refractivity contribution in [3.05, 3.63) is 72.5 Å². The van der Waals surface area contributed by atoms with Crippen LogP contribution < -0.4 is 10.0 Å². The molecule has 0 atom stereocenters. The molecular weight excluding hydrogens is 365 g/mol. The molecule has 1 heterocycles. The number of aromatic nitrogens is 1. The summed E-state index contributed by atoms with van der Waals surface area (Å²) in [6, 6.07) is 19.1. The van der Waals surface area contributed by atoms with Crippen molar-refractivity contribution in [2.75, 3.05) is 16.3 Å². The lowest BCUT2D eigenvalue weighted by Gasteiger charge is -2.14. The van der Waals surface area contributed by atoms with Gasteiger partial charge in [-0.2, -0.15) is 0 Å². The molecular formula is C20H16FN3O2S. The molecule has 0 aliphatic carbocycles. The number of para-hydroxylation sites is 1. The Morgan fingerprint density at radius 1 is 0.852 bits per heavy atom. The van der Waals surface area contributed by atoms with E-state index in [1.54, 1.807) is 30.3 Å². The van der Waals surface area contributed by atoms with Gasteiger partial charge in [0.25, 0.3) is 0 Å². The molecule has 136 valence electrons. The van der Waals surface area contributed by atoms with Crippen LogP contribution in [0.25, 0.3) is 21.8 Å². The molecule has 0 aliphatic rings. The van der Waals surface area contributed by atoms with Crippen LogP contribution in [0.15, 0.2) is 66.7 Å². The van der Waals surface area contributed by atoms with E-state index < -0.39 is 10.0 Å². The Kier molecular flexibility index (Phi) is 4.16. The lowest BCUT2D eigenvalue weighted by atomic mass is 10.1. The number of pyridine rings is 1. The van der Waals surface area contributed by atoms with Crippen molar-refractivity contribution in [3.8, 4) is 0 Å². The number of fused-ring (bicyclic) bond motifs is 2. The van der Waals surface area contributed by atoms with E-state index in [1.807, 2.05) is 24.3 Å². The van der Waals surface area contributed by atoms with Crippen LogP contribution in [-0.4, -0.2) is 19.7 Å². The average molecular weight is 381 g/mol. The van der Waals surface area contributed by atoms with Gasteiger partial charge in [-0.15, -0.1) is 0 Å². The molecule has 0 bridgehead atoms. The molecule has 0 aliphatic heterocycles. The van der Waals surface area contributed by atoms with Gasteiger partial charge in [-0.1, -0.05) is 18.2 Å². The first kappa shape index (κ1) is 17.2. The predicted molar refractivity (Wildman–Crippen MR) is 107 cm³/mol. The lowest BCUT2D eigenvalue weighted by molar-refractivity contribution is 0.607. The van der Waals surface area contributed by atoms with Gasteiger partial charge in [-0.25, -0.2) is 17.8 Å². The van der Waals surface area contributed by atoms with Crippen LogP contribution in [0.3, 0.4) is 0 Å². The molecule has 1 aromatic heterocycles. The molecule has 7 heteroatoms. The number of nitrogens with one attached hydrogen (secondary N) is 2. The fourth-order valence-corrected chi connectivity index (χ4v) is 3.55. The molecule has 0 radical (unpaired) electrons. The molecule has 4 aromatic rings. The standard InChI is InChI=1S/C20H16FN3O2S/c1-27(25,26)24-15-9-7-14(8-10-15)22-20-16-4-2-3-5-18(16)23-19-12-13(21)6-11-17(19)20/h2-12,24H,1H3,(H,22,23). The Morgan fingerprint density at radius 2 is 1.52 bits per heavy atom. The molecule has 0 fully saturated rings. The van der Waals surface area contributed by atoms with Crippen molar-refractivity contribution in [2.45, 2.75) is 0 Å². The van der Waals surface area contributed by atoms with Crippen LogP contribution in [-0.2, 0) is 10.0 Å². The number of hydrogen-bond acceptors (Lipinski definition) is 4. The quantitative estimate of drug-likeness (QED) is 0.505. The number of rotatable bonds is 4. The Bertz CT molecular complexity index is 1260. The zero-order valence-corrected chi connectivity index (χ0v) is 15.2. The normalized spacial score (nSPS) is 11.6. The predicted octanol–water partition coefficient (Wildman–Crippen LogP) is 4.64. The van der Waals surface area contributed by atoms with Gasteiger partial charge in [0.2, 0.25) is 10.0 Å². The highest BCUT2D eigenvalue weighted by Crippen LogP contribution is 2.33. The number of benzene rings is 3. The van der Waals surface area contributed by atoms with Crippen molar-refractivity contribution in [2.24, 2.45) is 0 Å². The molecule has 0 saturated carbocycles. The Labute approximate surface area is 155 Å². The monoisotopic (exact) mass is 381 g/mol. The van der Waals surface area contributed by atoms with E-state index in [2.05, 4.69) is 15.0 Å². The van der Waals surface area contributed by atoms with Crippen LogP contribution >= 0.6 is 0 Å². The summed E-state index contributed by atoms with van der Waals surface area (Å²) in [5, 5.41) is 5.07. The lowest BCUT2D eigenvalue weighted by Crippen LogP contribution is -2.09. The number of hydrogen-bond donors (Lipinski definition) is 2. The van der Waals surface area contributed by atoms with Gasteiger partial charge in [0.15, 0.2) is 0 Å². The number of nitrogens with zero attached hydrogens (tertiary/aromatic N) is 1. The highest BCUT2D eigenvalue weighted by molar-refractivity contribution is 7.92. The van der Waals surface area contributed by atoms with E-state index in [0.29, 0.717) is 11.2 Å². The second-order valence-electron chi connectivity index (χ2n) is 6.24. The third kappa shape index (κ3) is 3.68. The van der Waals surface area contributed by atoms with E-state index in [-0.39, 0.29) is 5.82 Å². The molecule has 0 unspecified atom stereocenters. The molecule has 5 nitrogen and oxygen atoms in total. The number of halogens is 1. The van der Waals surface area contributed by atoms with E-state index in [9.17, 15) is 12.8 Å². The third-order valence-electron chi connectivity index (χ3n) is 4.10. The summed E-state index contributed by atoms with van der Waals surface area (Å²) in [5.74, 6) is -0.340. The van der Waals surface area contributed by atoms with Gasteiger partial charge in [0.05, 0.1) is 23.0 Å². The van der Waals surface area contributed by atoms with Gasteiger partial charge >= 0.3 is 0 Å². The third-order valence-corrected chi connectivity index (χ3v) is 4.71. The van der Waals surface area contributed by atoms with Crippen LogP contribution in [0.2, 0.25) is 0 Å². The van der Waals surface area contributed by atoms with Gasteiger partial charge < -0.3 is 5.32 Å². The summed E-state index contributed by atoms with van der Waals surface area (Å²) in [5.41, 5.74) is 3.39. The van der Waals surface area contributed by atoms with E-state index in [1.165, 1.54) is 12.1 Å². The minimum Gasteiger partial charge on any atom is -0.354 e. The van der Waals surface area contributed by atoms with Crippen molar-refractivity contribution in [3.63, 3.8) is 0 Å². The summed E-state index contributed by atoms with van der Waals surface area (Å²) in [6.45, 7) is 0. The smallest absolute Gasteiger partial charge is 0.229 e. The Hall–Kier alpha value is -3.19. The number of anilines is 3. The van der Waals surface area contributed by atoms with Crippen LogP contribution in [0, 0.1) is 5.82 Å². The summed E-state index contributed by atoms with van der Waals surface area (Å²) in [6.07, 6.45) is 1.10. The summed E-state index contributed by atoms with van der Waals surface area (Å²) >= 11 is 0. The molecule has 2 N–H and O–H groups in total. The first-order valence-corrected chi connectivity index (χ1v) is 10.1. The Balaban J connectivity index is 1.80. The zero-order valence-electron chi connectivity index (χ0n) is 14.4. The maximum Gasteiger partial charge on any atom is 0.229 e. The van der Waals surface area contributed by atoms with Gasteiger partial charge in [-0.3, -0.25) is 4.72 Å². The molecule has 0 spiro atoms. The van der Waals surface area contributed by atoms with Gasteiger partial charge in [0.1, 0.15) is 5.82 Å². The number of sulfonamides is 1. The zero-order chi connectivity index (χ0) is 19.0. The first-order chi connectivity index (χ1) is 12.9. The van der Waals surface area contributed by atoms with Gasteiger partial charge in [0, 0.05) is 28.2 Å². The molecule has 0 amide bonds. The Morgan fingerprint density at radius 3 is 2.26 bits per heavy atom. The molecule has 4 rings (SSSR count). The summed E-state index contributed by atoms with van der Waals surface area (Å²) in [4.78, 5) is 4.54. The fourth-order valence-electron chi connectivity index (χ4n) is 2.98. The second-order valence-corrected chi connectivity index (χ2v) is 7.99. The maximum atomic E-state index is 13.7. The van der Waals surface area contributed by atoms with Crippen LogP contribution in [0.5, 0.6) is 0 Å². The van der Waals surface area contributed by atoms with Crippen LogP contribution in [0.1, 0.15) is 0 Å². The fraction of sp³-hybridized carbons (Fsp3) is 0.0500. The molecule has 27 heavy (non-hydrogen) atoms. The highest BCUT2D eigenvalue weighted by atomic mass is 32.2. The molecule has 3 aromatic carbocycles. The average Bonchev–Trinajstić information content (AvgIpc) is 2.61. The van der Waals surface area contributed by atoms with Crippen molar-refractivity contribution in [1.29, 1.82) is 0 Å². The minimum atomic E-state index is -3.32. The largest absolute Gasteiger partial charge is 0.354 e. The van der Waals surface area contributed by atoms with Crippen molar-refractivity contribution in [1.82, 2.24) is 4.98 Å². The maximum absolute atomic E-state index is 13.7. The summed E-state index contributed by atoms with van der Waals surface area (Å²) in [7, 11) is -3.32. The first-order valence-electron chi connectivity index (χ1n) is 8.22. The van der Waals surface area contributed by atoms with Gasteiger partial charge in [-0.05, 0) is 42.5 Å². The van der Waals surface area contributed by atoms with E-state index in [0.717, 1.165) is 33.9 Å². The van der Waals surface area contributed by atoms with Crippen molar-refractivity contribution >= 4 is 48.9 Å². The SMILES string of the molecule is CS(=O)(=O)Nc1ccc(Nc2c3ccccc3nc3cc(F)ccc23)cc1. The van der Waals surface area contributed by atoms with E-state index in [4.69, 9.17) is 0 Å². The summed E-state index contributed by atoms with van der Waals surface area (Å²) < 4.78 is 38.8. The second kappa shape index (κ2) is 6.51. The van der Waals surface area contributed by atoms with Crippen LogP contribution in [0.4, 0.5) is 21.5 Å². The molecule has 0 saturated heterocycles. The van der Waals surface area contributed by atoms with E-state index >= 15 is 0 Å². The van der Waals surface area contributed by atoms with Crippen molar-refractivity contribution < 1.29 is 12.8 Å².